The summed E-state index contributed by atoms with van der Waals surface area (Å²) in [6.07, 6.45) is 0.730. The van der Waals surface area contributed by atoms with Gasteiger partial charge in [0.25, 0.3) is 11.8 Å². The predicted octanol–water partition coefficient (Wildman–Crippen LogP) is 2.43. The van der Waals surface area contributed by atoms with Crippen LogP contribution in [-0.2, 0) is 14.6 Å². The van der Waals surface area contributed by atoms with Crippen LogP contribution in [0.2, 0.25) is 0 Å². The lowest BCUT2D eigenvalue weighted by atomic mass is 10.1. The molecule has 0 spiro atoms. The molecule has 170 valence electrons. The highest BCUT2D eigenvalue weighted by atomic mass is 32.2. The van der Waals surface area contributed by atoms with Gasteiger partial charge in [-0.3, -0.25) is 19.3 Å². The zero-order valence-corrected chi connectivity index (χ0v) is 17.7. The number of hydrogen-bond donors (Lipinski definition) is 1. The fourth-order valence-electron chi connectivity index (χ4n) is 3.26. The molecule has 0 bridgehead atoms. The van der Waals surface area contributed by atoms with Gasteiger partial charge in [-0.2, -0.15) is 0 Å². The van der Waals surface area contributed by atoms with Gasteiger partial charge in [0.1, 0.15) is 9.84 Å². The lowest BCUT2D eigenvalue weighted by Crippen LogP contribution is -2.37. The molecule has 0 aromatic heterocycles. The van der Waals surface area contributed by atoms with E-state index in [4.69, 9.17) is 21.8 Å². The van der Waals surface area contributed by atoms with Gasteiger partial charge in [0.15, 0.2) is 11.5 Å². The average Bonchev–Trinajstić information content (AvgIpc) is 3.02. The third-order valence-electron chi connectivity index (χ3n) is 4.44. The molecule has 1 heterocycles. The Bertz CT molecular complexity index is 1520. The summed E-state index contributed by atoms with van der Waals surface area (Å²) in [6, 6.07) is 3.65. The maximum Gasteiger partial charge on any atom is 0.264 e. The standard InChI is InChI=1S/C22H24N2O7S/c1-5-31-19-11-14(9-10-18(19)30-3)17(12-32(4,28)29)24-21(26)15-7-6-8-16(23-13(2)25)20(15)22(24)27/h6-11,17H,5,12H2,1-4H3,(H,23,25)/t17-/m1/s1/i1D3,3D3,5D2,17D. The monoisotopic (exact) mass is 469 g/mol. The van der Waals surface area contributed by atoms with E-state index in [2.05, 4.69) is 5.32 Å². The van der Waals surface area contributed by atoms with Gasteiger partial charge in [0.05, 0.1) is 50.4 Å². The molecule has 0 saturated carbocycles. The van der Waals surface area contributed by atoms with Gasteiger partial charge in [-0.05, 0) is 36.7 Å². The van der Waals surface area contributed by atoms with Crippen molar-refractivity contribution >= 4 is 33.2 Å². The zero-order chi connectivity index (χ0) is 31.3. The highest BCUT2D eigenvalue weighted by Crippen LogP contribution is 2.38. The Morgan fingerprint density at radius 3 is 2.69 bits per heavy atom. The summed E-state index contributed by atoms with van der Waals surface area (Å²) in [5, 5.41) is 2.39. The highest BCUT2D eigenvalue weighted by molar-refractivity contribution is 7.90. The molecule has 3 amide bonds. The second kappa shape index (κ2) is 8.99. The molecule has 10 heteroatoms. The molecule has 1 aliphatic rings. The molecule has 0 saturated heterocycles. The quantitative estimate of drug-likeness (QED) is 0.590. The molecule has 1 aliphatic heterocycles. The van der Waals surface area contributed by atoms with Crippen LogP contribution in [0.25, 0.3) is 0 Å². The second-order valence-electron chi connectivity index (χ2n) is 6.84. The van der Waals surface area contributed by atoms with Gasteiger partial charge in [0, 0.05) is 17.3 Å². The number of benzene rings is 2. The van der Waals surface area contributed by atoms with Crippen LogP contribution in [0, 0.1) is 0 Å². The predicted molar refractivity (Wildman–Crippen MR) is 118 cm³/mol. The third-order valence-corrected chi connectivity index (χ3v) is 5.24. The van der Waals surface area contributed by atoms with Crippen molar-refractivity contribution in [1.29, 1.82) is 0 Å². The molecule has 0 unspecified atom stereocenters. The van der Waals surface area contributed by atoms with Crippen LogP contribution in [0.4, 0.5) is 5.69 Å². The number of ether oxygens (including phenoxy) is 2. The van der Waals surface area contributed by atoms with E-state index in [-0.39, 0.29) is 16.8 Å². The zero-order valence-electron chi connectivity index (χ0n) is 25.9. The Balaban J connectivity index is 2.27. The van der Waals surface area contributed by atoms with E-state index >= 15 is 0 Å². The average molecular weight is 470 g/mol. The van der Waals surface area contributed by atoms with Crippen molar-refractivity contribution in [2.75, 3.05) is 30.9 Å². The van der Waals surface area contributed by atoms with Crippen molar-refractivity contribution in [3.8, 4) is 11.5 Å². The lowest BCUT2D eigenvalue weighted by Gasteiger charge is -2.27. The first-order valence-electron chi connectivity index (χ1n) is 13.5. The van der Waals surface area contributed by atoms with E-state index in [1.54, 1.807) is 0 Å². The van der Waals surface area contributed by atoms with Gasteiger partial charge in [-0.15, -0.1) is 0 Å². The van der Waals surface area contributed by atoms with Gasteiger partial charge in [0.2, 0.25) is 5.91 Å². The van der Waals surface area contributed by atoms with Crippen LogP contribution in [-0.4, -0.2) is 56.6 Å². The normalized spacial score (nSPS) is 20.6. The molecule has 2 aromatic rings. The number of hydrogen-bond acceptors (Lipinski definition) is 7. The fraction of sp³-hybridized carbons (Fsp3) is 0.318. The van der Waals surface area contributed by atoms with Gasteiger partial charge in [-0.1, -0.05) is 12.1 Å². The number of imide groups is 1. The molecule has 0 aliphatic carbocycles. The molecule has 1 atom stereocenters. The minimum absolute atomic E-state index is 0.0751. The van der Waals surface area contributed by atoms with Crippen molar-refractivity contribution < 1.29 is 44.6 Å². The van der Waals surface area contributed by atoms with Gasteiger partial charge >= 0.3 is 0 Å². The number of rotatable bonds is 8. The molecule has 9 nitrogen and oxygen atoms in total. The summed E-state index contributed by atoms with van der Waals surface area (Å²) in [6.45, 7) is -5.67. The number of carbonyl (C=O) groups is 3. The molecule has 32 heavy (non-hydrogen) atoms. The fourth-order valence-corrected chi connectivity index (χ4v) is 4.05. The number of amides is 3. The third kappa shape index (κ3) is 4.59. The Labute approximate surface area is 198 Å². The SMILES string of the molecule is [2H]C([2H])([2H])Oc1ccc([C@@]([2H])(CS(C)(=O)=O)N2C(=O)c3cccc(NC(C)=O)c3C2=O)cc1OC([2H])([2H])C([2H])([2H])[2H]. The summed E-state index contributed by atoms with van der Waals surface area (Å²) in [5.41, 5.74) is -1.12. The number of sulfone groups is 1. The second-order valence-corrected chi connectivity index (χ2v) is 8.98. The van der Waals surface area contributed by atoms with E-state index in [0.29, 0.717) is 4.90 Å². The van der Waals surface area contributed by atoms with Crippen molar-refractivity contribution in [1.82, 2.24) is 4.90 Å². The van der Waals surface area contributed by atoms with E-state index in [1.165, 1.54) is 18.2 Å². The first kappa shape index (κ1) is 13.9. The first-order valence-corrected chi connectivity index (χ1v) is 11.0. The van der Waals surface area contributed by atoms with Crippen LogP contribution in [0.5, 0.6) is 11.5 Å². The Hall–Kier alpha value is -3.40. The summed E-state index contributed by atoms with van der Waals surface area (Å²) in [4.78, 5) is 39.0. The van der Waals surface area contributed by atoms with Crippen molar-refractivity contribution in [3.63, 3.8) is 0 Å². The highest BCUT2D eigenvalue weighted by Gasteiger charge is 2.43. The maximum atomic E-state index is 13.6. The number of anilines is 1. The van der Waals surface area contributed by atoms with Crippen molar-refractivity contribution in [3.05, 3.63) is 53.1 Å². The van der Waals surface area contributed by atoms with Gasteiger partial charge < -0.3 is 14.8 Å². The van der Waals surface area contributed by atoms with Crippen LogP contribution < -0.4 is 14.8 Å². The Morgan fingerprint density at radius 2 is 2.03 bits per heavy atom. The van der Waals surface area contributed by atoms with Crippen LogP contribution in [0.1, 0.15) is 58.4 Å². The lowest BCUT2D eigenvalue weighted by molar-refractivity contribution is -0.114. The van der Waals surface area contributed by atoms with Crippen molar-refractivity contribution in [2.45, 2.75) is 19.8 Å². The Morgan fingerprint density at radius 1 is 1.25 bits per heavy atom. The summed E-state index contributed by atoms with van der Waals surface area (Å²) >= 11 is 0. The number of nitrogens with one attached hydrogen (secondary N) is 1. The van der Waals surface area contributed by atoms with Crippen LogP contribution in [0.3, 0.4) is 0 Å². The summed E-state index contributed by atoms with van der Waals surface area (Å²) in [5.74, 6) is -5.57. The van der Waals surface area contributed by atoms with E-state index in [0.717, 1.165) is 31.4 Å². The summed E-state index contributed by atoms with van der Waals surface area (Å²) in [7, 11) is -7.30. The minimum atomic E-state index is -4.17. The van der Waals surface area contributed by atoms with Crippen LogP contribution in [0.15, 0.2) is 36.4 Å². The Kier molecular flexibility index (Phi) is 3.90. The smallest absolute Gasteiger partial charge is 0.264 e. The molecule has 2 aromatic carbocycles. The molecule has 0 radical (unpaired) electrons. The molecular weight excluding hydrogens is 436 g/mol. The molecule has 0 fully saturated rings. The van der Waals surface area contributed by atoms with Crippen molar-refractivity contribution in [2.24, 2.45) is 0 Å². The van der Waals surface area contributed by atoms with E-state index in [9.17, 15) is 22.8 Å². The van der Waals surface area contributed by atoms with Gasteiger partial charge in [-0.25, -0.2) is 8.42 Å². The van der Waals surface area contributed by atoms with E-state index < -0.39 is 76.8 Å². The molecule has 3 rings (SSSR count). The largest absolute Gasteiger partial charge is 0.493 e. The number of nitrogens with zero attached hydrogens (tertiary/aromatic N) is 1. The number of methoxy groups -OCH3 is 1. The first-order chi connectivity index (χ1) is 18.5. The number of fused-ring (bicyclic) bond motifs is 1. The topological polar surface area (TPSA) is 119 Å². The van der Waals surface area contributed by atoms with Crippen LogP contribution >= 0.6 is 0 Å². The molecular formula is C22H24N2O7S. The van der Waals surface area contributed by atoms with E-state index in [1.807, 2.05) is 0 Å². The summed E-state index contributed by atoms with van der Waals surface area (Å²) < 4.78 is 104. The maximum absolute atomic E-state index is 13.6. The number of carbonyl (C=O) groups excluding carboxylic acids is 3. The minimum Gasteiger partial charge on any atom is -0.493 e. The molecule has 1 N–H and O–H groups in total.